The van der Waals surface area contributed by atoms with Crippen LogP contribution in [0.25, 0.3) is 11.3 Å². The lowest BCUT2D eigenvalue weighted by atomic mass is 9.91. The fourth-order valence-electron chi connectivity index (χ4n) is 4.46. The predicted molar refractivity (Wildman–Crippen MR) is 113 cm³/mol. The number of benzene rings is 1. The van der Waals surface area contributed by atoms with Crippen LogP contribution in [0.3, 0.4) is 0 Å². The lowest BCUT2D eigenvalue weighted by molar-refractivity contribution is -0.122. The van der Waals surface area contributed by atoms with Gasteiger partial charge in [0.25, 0.3) is 0 Å². The molecule has 3 heterocycles. The molecule has 2 aromatic rings. The minimum absolute atomic E-state index is 0.176. The molecule has 0 bridgehead atoms. The SMILES string of the molecule is O=C(CCC1CCN(Cc2ccccc2-c2ccco2)CC1)NC[C@@H]1CCCO1. The van der Waals surface area contributed by atoms with Crippen LogP contribution in [0, 0.1) is 5.92 Å². The molecule has 156 valence electrons. The van der Waals surface area contributed by atoms with Gasteiger partial charge in [-0.15, -0.1) is 0 Å². The maximum Gasteiger partial charge on any atom is 0.220 e. The fourth-order valence-corrected chi connectivity index (χ4v) is 4.46. The molecule has 1 aromatic heterocycles. The van der Waals surface area contributed by atoms with Crippen molar-refractivity contribution in [2.45, 2.75) is 51.2 Å². The fraction of sp³-hybridized carbons (Fsp3) is 0.542. The van der Waals surface area contributed by atoms with E-state index in [1.54, 1.807) is 6.26 Å². The van der Waals surface area contributed by atoms with Crippen molar-refractivity contribution in [1.82, 2.24) is 10.2 Å². The van der Waals surface area contributed by atoms with E-state index in [0.717, 1.165) is 51.3 Å². The van der Waals surface area contributed by atoms with Crippen LogP contribution in [-0.2, 0) is 16.1 Å². The number of furan rings is 1. The third-order valence-electron chi connectivity index (χ3n) is 6.24. The summed E-state index contributed by atoms with van der Waals surface area (Å²) in [5.41, 5.74) is 2.50. The molecule has 0 unspecified atom stereocenters. The number of likely N-dealkylation sites (tertiary alicyclic amines) is 1. The van der Waals surface area contributed by atoms with Crippen LogP contribution in [0.4, 0.5) is 0 Å². The molecule has 1 amide bonds. The van der Waals surface area contributed by atoms with E-state index in [1.807, 2.05) is 12.1 Å². The summed E-state index contributed by atoms with van der Waals surface area (Å²) in [5.74, 6) is 1.76. The largest absolute Gasteiger partial charge is 0.464 e. The van der Waals surface area contributed by atoms with Crippen LogP contribution in [0.2, 0.25) is 0 Å². The zero-order valence-corrected chi connectivity index (χ0v) is 17.1. The van der Waals surface area contributed by atoms with E-state index >= 15 is 0 Å². The Morgan fingerprint density at radius 2 is 1.97 bits per heavy atom. The van der Waals surface area contributed by atoms with Crippen molar-refractivity contribution < 1.29 is 13.9 Å². The third kappa shape index (κ3) is 5.71. The molecule has 2 aliphatic heterocycles. The second-order valence-corrected chi connectivity index (χ2v) is 8.33. The second-order valence-electron chi connectivity index (χ2n) is 8.33. The molecule has 0 radical (unpaired) electrons. The summed E-state index contributed by atoms with van der Waals surface area (Å²) >= 11 is 0. The average molecular weight is 397 g/mol. The number of amides is 1. The van der Waals surface area contributed by atoms with Crippen LogP contribution in [0.5, 0.6) is 0 Å². The van der Waals surface area contributed by atoms with Crippen molar-refractivity contribution in [3.8, 4) is 11.3 Å². The highest BCUT2D eigenvalue weighted by molar-refractivity contribution is 5.75. The molecule has 0 spiro atoms. The van der Waals surface area contributed by atoms with Crippen molar-refractivity contribution in [2.24, 2.45) is 5.92 Å². The van der Waals surface area contributed by atoms with E-state index < -0.39 is 0 Å². The quantitative estimate of drug-likeness (QED) is 0.725. The van der Waals surface area contributed by atoms with Crippen LogP contribution >= 0.6 is 0 Å². The molecule has 4 rings (SSSR count). The monoisotopic (exact) mass is 396 g/mol. The maximum atomic E-state index is 12.1. The summed E-state index contributed by atoms with van der Waals surface area (Å²) in [7, 11) is 0. The lowest BCUT2D eigenvalue weighted by Crippen LogP contribution is -2.35. The van der Waals surface area contributed by atoms with Crippen LogP contribution in [-0.4, -0.2) is 43.2 Å². The summed E-state index contributed by atoms with van der Waals surface area (Å²) in [6.07, 6.45) is 8.12. The van der Waals surface area contributed by atoms with Gasteiger partial charge in [0.1, 0.15) is 5.76 Å². The van der Waals surface area contributed by atoms with Gasteiger partial charge in [0.15, 0.2) is 0 Å². The Bertz CT molecular complexity index is 760. The molecule has 0 aliphatic carbocycles. The molecule has 2 saturated heterocycles. The Morgan fingerprint density at radius 3 is 2.72 bits per heavy atom. The summed E-state index contributed by atoms with van der Waals surface area (Å²) in [4.78, 5) is 14.6. The van der Waals surface area contributed by atoms with E-state index in [1.165, 1.54) is 24.0 Å². The van der Waals surface area contributed by atoms with Crippen molar-refractivity contribution in [3.63, 3.8) is 0 Å². The maximum absolute atomic E-state index is 12.1. The zero-order chi connectivity index (χ0) is 19.9. The number of rotatable bonds is 8. The first kappa shape index (κ1) is 20.2. The topological polar surface area (TPSA) is 54.7 Å². The van der Waals surface area contributed by atoms with Crippen LogP contribution < -0.4 is 5.32 Å². The molecule has 1 aromatic carbocycles. The van der Waals surface area contributed by atoms with Crippen molar-refractivity contribution >= 4 is 5.91 Å². The molecular weight excluding hydrogens is 364 g/mol. The summed E-state index contributed by atoms with van der Waals surface area (Å²) in [6, 6.07) is 12.5. The standard InChI is InChI=1S/C24H32N2O3/c27-24(25-17-21-6-3-15-28-21)10-9-19-11-13-26(14-12-19)18-20-5-1-2-7-22(20)23-8-4-16-29-23/h1-2,4-5,7-8,16,19,21H,3,6,9-15,17-18H2,(H,25,27)/t21-/m0/s1. The zero-order valence-electron chi connectivity index (χ0n) is 17.1. The van der Waals surface area contributed by atoms with Gasteiger partial charge >= 0.3 is 0 Å². The highest BCUT2D eigenvalue weighted by atomic mass is 16.5. The minimum atomic E-state index is 0.176. The normalized spacial score (nSPS) is 20.8. The van der Waals surface area contributed by atoms with Gasteiger partial charge in [0.05, 0.1) is 12.4 Å². The summed E-state index contributed by atoms with van der Waals surface area (Å²) < 4.78 is 11.2. The van der Waals surface area contributed by atoms with Gasteiger partial charge in [-0.2, -0.15) is 0 Å². The second kappa shape index (κ2) is 10.1. The first-order valence-electron chi connectivity index (χ1n) is 11.0. The first-order chi connectivity index (χ1) is 14.3. The number of carbonyl (C=O) groups excluding carboxylic acids is 1. The highest BCUT2D eigenvalue weighted by Crippen LogP contribution is 2.28. The molecule has 29 heavy (non-hydrogen) atoms. The molecule has 2 fully saturated rings. The number of ether oxygens (including phenoxy) is 1. The first-order valence-corrected chi connectivity index (χ1v) is 11.0. The number of carbonyl (C=O) groups is 1. The predicted octanol–water partition coefficient (Wildman–Crippen LogP) is 4.23. The van der Waals surface area contributed by atoms with Gasteiger partial charge in [-0.1, -0.05) is 24.3 Å². The van der Waals surface area contributed by atoms with Gasteiger partial charge in [0.2, 0.25) is 5.91 Å². The number of hydrogen-bond acceptors (Lipinski definition) is 4. The van der Waals surface area contributed by atoms with Gasteiger partial charge in [-0.05, 0) is 68.8 Å². The molecule has 1 N–H and O–H groups in total. The summed E-state index contributed by atoms with van der Waals surface area (Å²) in [5, 5.41) is 3.04. The summed E-state index contributed by atoms with van der Waals surface area (Å²) in [6.45, 7) is 4.65. The Morgan fingerprint density at radius 1 is 1.10 bits per heavy atom. The number of hydrogen-bond donors (Lipinski definition) is 1. The lowest BCUT2D eigenvalue weighted by Gasteiger charge is -2.32. The van der Waals surface area contributed by atoms with Crippen molar-refractivity contribution in [3.05, 3.63) is 48.2 Å². The third-order valence-corrected chi connectivity index (χ3v) is 6.24. The van der Waals surface area contributed by atoms with E-state index in [-0.39, 0.29) is 12.0 Å². The van der Waals surface area contributed by atoms with Gasteiger partial charge in [-0.25, -0.2) is 0 Å². The molecule has 2 aliphatic rings. The number of piperidine rings is 1. The Balaban J connectivity index is 1.19. The van der Waals surface area contributed by atoms with Crippen LogP contribution in [0.15, 0.2) is 47.1 Å². The highest BCUT2D eigenvalue weighted by Gasteiger charge is 2.22. The Hall–Kier alpha value is -2.11. The van der Waals surface area contributed by atoms with E-state index in [4.69, 9.17) is 9.15 Å². The van der Waals surface area contributed by atoms with Gasteiger partial charge in [0, 0.05) is 31.7 Å². The molecule has 1 atom stereocenters. The smallest absolute Gasteiger partial charge is 0.220 e. The van der Waals surface area contributed by atoms with Crippen molar-refractivity contribution in [1.29, 1.82) is 0 Å². The molecule has 5 nitrogen and oxygen atoms in total. The van der Waals surface area contributed by atoms with Gasteiger partial charge < -0.3 is 14.5 Å². The average Bonchev–Trinajstić information content (AvgIpc) is 3.46. The van der Waals surface area contributed by atoms with Crippen molar-refractivity contribution in [2.75, 3.05) is 26.2 Å². The molecule has 5 heteroatoms. The number of nitrogens with one attached hydrogen (secondary N) is 1. The van der Waals surface area contributed by atoms with E-state index in [9.17, 15) is 4.79 Å². The van der Waals surface area contributed by atoms with Crippen LogP contribution in [0.1, 0.15) is 44.1 Å². The molecular formula is C24H32N2O3. The van der Waals surface area contributed by atoms with Gasteiger partial charge in [-0.3, -0.25) is 9.69 Å². The molecule has 0 saturated carbocycles. The minimum Gasteiger partial charge on any atom is -0.464 e. The van der Waals surface area contributed by atoms with E-state index in [2.05, 4.69) is 34.5 Å². The Kier molecular flexibility index (Phi) is 7.01. The number of nitrogens with zero attached hydrogens (tertiary/aromatic N) is 1. The van der Waals surface area contributed by atoms with E-state index in [0.29, 0.717) is 18.9 Å². The Labute approximate surface area is 173 Å².